The molecule has 96 valence electrons. The first-order valence-corrected chi connectivity index (χ1v) is 5.16. The molecule has 1 aliphatic rings. The van der Waals surface area contributed by atoms with E-state index in [1.165, 1.54) is 6.92 Å². The second kappa shape index (κ2) is 4.60. The van der Waals surface area contributed by atoms with Gasteiger partial charge >= 0.3 is 12.1 Å². The van der Waals surface area contributed by atoms with E-state index in [0.717, 1.165) is 0 Å². The monoisotopic (exact) mass is 244 g/mol. The van der Waals surface area contributed by atoms with Crippen LogP contribution in [0, 0.1) is 0 Å². The van der Waals surface area contributed by atoms with Gasteiger partial charge in [0.2, 0.25) is 6.23 Å². The Kier molecular flexibility index (Phi) is 3.59. The van der Waals surface area contributed by atoms with Gasteiger partial charge in [-0.05, 0) is 20.8 Å². The van der Waals surface area contributed by atoms with Crippen LogP contribution < -0.4 is 10.6 Å². The second-order valence-electron chi connectivity index (χ2n) is 4.66. The van der Waals surface area contributed by atoms with Crippen molar-refractivity contribution < 1.29 is 23.9 Å². The van der Waals surface area contributed by atoms with Gasteiger partial charge in [0.1, 0.15) is 5.60 Å². The third-order valence-corrected chi connectivity index (χ3v) is 1.83. The van der Waals surface area contributed by atoms with Crippen molar-refractivity contribution in [1.82, 2.24) is 10.6 Å². The molecule has 1 rings (SSSR count). The number of amides is 2. The molecule has 2 amide bonds. The molecule has 0 aromatic carbocycles. The van der Waals surface area contributed by atoms with Crippen LogP contribution in [0.15, 0.2) is 0 Å². The molecular weight excluding hydrogens is 228 g/mol. The zero-order valence-corrected chi connectivity index (χ0v) is 10.2. The number of nitrogens with one attached hydrogen (secondary N) is 2. The number of carbonyl (C=O) groups excluding carboxylic acids is 3. The summed E-state index contributed by atoms with van der Waals surface area (Å²) in [4.78, 5) is 33.2. The van der Waals surface area contributed by atoms with Crippen LogP contribution in [0.2, 0.25) is 0 Å². The molecule has 1 saturated heterocycles. The molecule has 2 atom stereocenters. The lowest BCUT2D eigenvalue weighted by molar-refractivity contribution is -0.162. The minimum atomic E-state index is -0.895. The maximum atomic E-state index is 11.4. The average Bonchev–Trinajstić information content (AvgIpc) is 2.10. The summed E-state index contributed by atoms with van der Waals surface area (Å²) >= 11 is 0. The number of esters is 1. The van der Waals surface area contributed by atoms with E-state index in [9.17, 15) is 14.4 Å². The van der Waals surface area contributed by atoms with Crippen molar-refractivity contribution in [3.8, 4) is 0 Å². The number of hydrogen-bond acceptors (Lipinski definition) is 5. The van der Waals surface area contributed by atoms with Crippen LogP contribution in [0.1, 0.15) is 27.7 Å². The quantitative estimate of drug-likeness (QED) is 0.522. The fraction of sp³-hybridized carbons (Fsp3) is 0.700. The van der Waals surface area contributed by atoms with E-state index >= 15 is 0 Å². The van der Waals surface area contributed by atoms with E-state index in [-0.39, 0.29) is 0 Å². The topological polar surface area (TPSA) is 93.7 Å². The molecule has 7 nitrogen and oxygen atoms in total. The first-order chi connectivity index (χ1) is 7.69. The van der Waals surface area contributed by atoms with Gasteiger partial charge in [0.25, 0.3) is 5.91 Å². The summed E-state index contributed by atoms with van der Waals surface area (Å²) in [6, 6.07) is -0.895. The van der Waals surface area contributed by atoms with Crippen molar-refractivity contribution in [2.24, 2.45) is 0 Å². The number of alkyl carbamates (subject to hydrolysis) is 1. The molecule has 0 radical (unpaired) electrons. The summed E-state index contributed by atoms with van der Waals surface area (Å²) in [5.74, 6) is -0.951. The molecule has 1 fully saturated rings. The van der Waals surface area contributed by atoms with Crippen molar-refractivity contribution in [2.45, 2.75) is 45.6 Å². The minimum Gasteiger partial charge on any atom is -0.444 e. The van der Waals surface area contributed by atoms with Crippen molar-refractivity contribution >= 4 is 18.0 Å². The highest BCUT2D eigenvalue weighted by Crippen LogP contribution is 2.11. The summed E-state index contributed by atoms with van der Waals surface area (Å²) in [6.45, 7) is 6.33. The predicted molar refractivity (Wildman–Crippen MR) is 56.9 cm³/mol. The van der Waals surface area contributed by atoms with E-state index in [1.807, 2.05) is 0 Å². The van der Waals surface area contributed by atoms with Gasteiger partial charge in [0, 0.05) is 6.92 Å². The summed E-state index contributed by atoms with van der Waals surface area (Å²) in [7, 11) is 0. The SMILES string of the molecule is CC(=O)O[C@@H]1NC(=O)[C@H]1NC(=O)OC(C)(C)C. The smallest absolute Gasteiger partial charge is 0.408 e. The fourth-order valence-electron chi connectivity index (χ4n) is 1.21. The molecule has 0 aromatic heterocycles. The highest BCUT2D eigenvalue weighted by molar-refractivity contribution is 5.92. The molecule has 0 spiro atoms. The molecule has 17 heavy (non-hydrogen) atoms. The van der Waals surface area contributed by atoms with Crippen molar-refractivity contribution in [1.29, 1.82) is 0 Å². The van der Waals surface area contributed by atoms with E-state index in [2.05, 4.69) is 10.6 Å². The van der Waals surface area contributed by atoms with Crippen molar-refractivity contribution in [3.63, 3.8) is 0 Å². The minimum absolute atomic E-state index is 0.415. The van der Waals surface area contributed by atoms with Crippen LogP contribution in [0.3, 0.4) is 0 Å². The van der Waals surface area contributed by atoms with E-state index in [4.69, 9.17) is 9.47 Å². The zero-order chi connectivity index (χ0) is 13.2. The van der Waals surface area contributed by atoms with Gasteiger partial charge in [-0.15, -0.1) is 0 Å². The maximum Gasteiger partial charge on any atom is 0.408 e. The maximum absolute atomic E-state index is 11.4. The van der Waals surface area contributed by atoms with E-state index in [0.29, 0.717) is 0 Å². The molecule has 1 aliphatic heterocycles. The average molecular weight is 244 g/mol. The van der Waals surface area contributed by atoms with Crippen LogP contribution in [0.4, 0.5) is 4.79 Å². The molecule has 1 heterocycles. The summed E-state index contributed by atoms with van der Waals surface area (Å²) in [6.07, 6.45) is -1.55. The Labute approximate surface area is 98.8 Å². The van der Waals surface area contributed by atoms with E-state index < -0.39 is 35.8 Å². The normalized spacial score (nSPS) is 23.2. The number of hydrogen-bond donors (Lipinski definition) is 2. The molecule has 0 aromatic rings. The van der Waals surface area contributed by atoms with Gasteiger partial charge < -0.3 is 20.1 Å². The highest BCUT2D eigenvalue weighted by atomic mass is 16.6. The number of rotatable bonds is 2. The third-order valence-electron chi connectivity index (χ3n) is 1.83. The molecular formula is C10H16N2O5. The molecule has 0 aliphatic carbocycles. The van der Waals surface area contributed by atoms with Crippen molar-refractivity contribution in [3.05, 3.63) is 0 Å². The molecule has 0 unspecified atom stereocenters. The molecule has 2 N–H and O–H groups in total. The summed E-state index contributed by atoms with van der Waals surface area (Å²) in [5, 5.41) is 4.67. The fourth-order valence-corrected chi connectivity index (χ4v) is 1.21. The lowest BCUT2D eigenvalue weighted by Gasteiger charge is -2.35. The lowest BCUT2D eigenvalue weighted by atomic mass is 10.1. The summed E-state index contributed by atoms with van der Waals surface area (Å²) in [5.41, 5.74) is -0.652. The van der Waals surface area contributed by atoms with Crippen molar-refractivity contribution in [2.75, 3.05) is 0 Å². The number of β-lactam (4-membered cyclic amide) rings is 1. The molecule has 7 heteroatoms. The standard InChI is InChI=1S/C10H16N2O5/c1-5(13)16-8-6(7(14)12-8)11-9(15)17-10(2,3)4/h6,8H,1-4H3,(H,11,15)(H,12,14)/t6-,8+/m1/s1. The zero-order valence-electron chi connectivity index (χ0n) is 10.2. The lowest BCUT2D eigenvalue weighted by Crippen LogP contribution is -2.70. The molecule has 0 saturated carbocycles. The van der Waals surface area contributed by atoms with E-state index in [1.54, 1.807) is 20.8 Å². The first kappa shape index (κ1) is 13.3. The van der Waals surface area contributed by atoms with Gasteiger partial charge in [-0.25, -0.2) is 4.79 Å². The van der Waals surface area contributed by atoms with Gasteiger partial charge in [-0.2, -0.15) is 0 Å². The predicted octanol–water partition coefficient (Wildman–Crippen LogP) is -0.101. The Morgan fingerprint density at radius 2 is 1.94 bits per heavy atom. The first-order valence-electron chi connectivity index (χ1n) is 5.16. The van der Waals surface area contributed by atoms with Gasteiger partial charge in [-0.3, -0.25) is 9.59 Å². The van der Waals surface area contributed by atoms with Crippen LogP contribution >= 0.6 is 0 Å². The van der Waals surface area contributed by atoms with Crippen LogP contribution in [0.5, 0.6) is 0 Å². The largest absolute Gasteiger partial charge is 0.444 e. The number of carbonyl (C=O) groups is 3. The molecule has 0 bridgehead atoms. The van der Waals surface area contributed by atoms with Gasteiger partial charge in [0.15, 0.2) is 6.04 Å². The van der Waals surface area contributed by atoms with Gasteiger partial charge in [0.05, 0.1) is 0 Å². The Morgan fingerprint density at radius 3 is 2.35 bits per heavy atom. The second-order valence-corrected chi connectivity index (χ2v) is 4.66. The van der Waals surface area contributed by atoms with Crippen LogP contribution in [0.25, 0.3) is 0 Å². The number of ether oxygens (including phenoxy) is 2. The Balaban J connectivity index is 2.47. The Hall–Kier alpha value is -1.79. The Bertz CT molecular complexity index is 347. The third kappa shape index (κ3) is 3.93. The Morgan fingerprint density at radius 1 is 1.35 bits per heavy atom. The van der Waals surface area contributed by atoms with Crippen LogP contribution in [-0.4, -0.2) is 35.8 Å². The summed E-state index contributed by atoms with van der Waals surface area (Å²) < 4.78 is 9.73. The van der Waals surface area contributed by atoms with Gasteiger partial charge in [-0.1, -0.05) is 0 Å². The highest BCUT2D eigenvalue weighted by Gasteiger charge is 2.43. The van der Waals surface area contributed by atoms with Crippen LogP contribution in [-0.2, 0) is 19.1 Å².